The van der Waals surface area contributed by atoms with Crippen LogP contribution in [-0.4, -0.2) is 26.6 Å². The Hall–Kier alpha value is -0.550. The second kappa shape index (κ2) is 3.03. The van der Waals surface area contributed by atoms with Crippen molar-refractivity contribution in [1.82, 2.24) is 9.78 Å². The molecule has 0 saturated heterocycles. The molecule has 1 heterocycles. The van der Waals surface area contributed by atoms with Crippen LogP contribution in [0.1, 0.15) is 0 Å². The van der Waals surface area contributed by atoms with Gasteiger partial charge in [0.1, 0.15) is 4.60 Å². The first-order valence-corrected chi connectivity index (χ1v) is 3.56. The van der Waals surface area contributed by atoms with E-state index in [1.165, 1.54) is 10.9 Å². The lowest BCUT2D eigenvalue weighted by atomic mass is 10.6. The molecule has 4 nitrogen and oxygen atoms in total. The largest absolute Gasteiger partial charge is 0.504 e. The first-order chi connectivity index (χ1) is 4.75. The van der Waals surface area contributed by atoms with E-state index in [4.69, 9.17) is 10.2 Å². The number of rotatable bonds is 2. The fourth-order valence-corrected chi connectivity index (χ4v) is 0.982. The van der Waals surface area contributed by atoms with Gasteiger partial charge in [0.2, 0.25) is 0 Å². The third kappa shape index (κ3) is 1.30. The van der Waals surface area contributed by atoms with Gasteiger partial charge in [0.25, 0.3) is 0 Å². The van der Waals surface area contributed by atoms with E-state index >= 15 is 0 Å². The van der Waals surface area contributed by atoms with Crippen molar-refractivity contribution >= 4 is 15.9 Å². The van der Waals surface area contributed by atoms with Gasteiger partial charge in [-0.05, 0) is 15.9 Å². The van der Waals surface area contributed by atoms with Crippen molar-refractivity contribution in [3.63, 3.8) is 0 Å². The zero-order valence-electron chi connectivity index (χ0n) is 5.16. The molecular weight excluding hydrogens is 200 g/mol. The van der Waals surface area contributed by atoms with E-state index in [0.717, 1.165) is 0 Å². The van der Waals surface area contributed by atoms with Gasteiger partial charge in [-0.3, -0.25) is 4.68 Å². The number of aromatic nitrogens is 2. The highest BCUT2D eigenvalue weighted by Gasteiger charge is 2.03. The highest BCUT2D eigenvalue weighted by molar-refractivity contribution is 9.10. The molecule has 10 heavy (non-hydrogen) atoms. The van der Waals surface area contributed by atoms with E-state index in [2.05, 4.69) is 21.0 Å². The number of aliphatic hydroxyl groups is 1. The molecule has 0 unspecified atom stereocenters. The topological polar surface area (TPSA) is 58.3 Å². The summed E-state index contributed by atoms with van der Waals surface area (Å²) in [4.78, 5) is 0. The first-order valence-electron chi connectivity index (χ1n) is 2.77. The smallest absolute Gasteiger partial charge is 0.168 e. The highest BCUT2D eigenvalue weighted by Crippen LogP contribution is 2.21. The van der Waals surface area contributed by atoms with Crippen LogP contribution in [0.15, 0.2) is 10.8 Å². The first kappa shape index (κ1) is 7.56. The molecule has 0 atom stereocenters. The van der Waals surface area contributed by atoms with Gasteiger partial charge in [-0.25, -0.2) is 0 Å². The summed E-state index contributed by atoms with van der Waals surface area (Å²) in [6.45, 7) is 0.404. The molecule has 0 spiro atoms. The molecule has 0 aliphatic rings. The summed E-state index contributed by atoms with van der Waals surface area (Å²) < 4.78 is 1.97. The van der Waals surface area contributed by atoms with Crippen molar-refractivity contribution in [2.45, 2.75) is 6.54 Å². The van der Waals surface area contributed by atoms with Gasteiger partial charge in [-0.15, -0.1) is 0 Å². The molecule has 2 N–H and O–H groups in total. The normalized spacial score (nSPS) is 10.2. The maximum Gasteiger partial charge on any atom is 0.168 e. The summed E-state index contributed by atoms with van der Waals surface area (Å²) in [5.41, 5.74) is 0. The van der Waals surface area contributed by atoms with Crippen molar-refractivity contribution in [2.24, 2.45) is 0 Å². The number of aromatic hydroxyl groups is 1. The predicted molar refractivity (Wildman–Crippen MR) is 38.7 cm³/mol. The number of halogens is 1. The van der Waals surface area contributed by atoms with Crippen LogP contribution in [0.4, 0.5) is 0 Å². The van der Waals surface area contributed by atoms with Crippen LogP contribution >= 0.6 is 15.9 Å². The summed E-state index contributed by atoms with van der Waals surface area (Å²) in [5.74, 6) is 0.0912. The van der Waals surface area contributed by atoms with Crippen molar-refractivity contribution in [3.05, 3.63) is 10.8 Å². The van der Waals surface area contributed by atoms with Gasteiger partial charge in [-0.1, -0.05) is 0 Å². The van der Waals surface area contributed by atoms with E-state index in [-0.39, 0.29) is 12.4 Å². The zero-order valence-corrected chi connectivity index (χ0v) is 6.74. The second-order valence-corrected chi connectivity index (χ2v) is 2.52. The van der Waals surface area contributed by atoms with Crippen molar-refractivity contribution < 1.29 is 10.2 Å². The maximum atomic E-state index is 8.95. The Morgan fingerprint density at radius 2 is 2.40 bits per heavy atom. The molecule has 1 aromatic rings. The number of hydrogen-bond donors (Lipinski definition) is 2. The van der Waals surface area contributed by atoms with E-state index in [9.17, 15) is 0 Å². The molecule has 0 radical (unpaired) electrons. The van der Waals surface area contributed by atoms with Gasteiger partial charge < -0.3 is 10.2 Å². The minimum atomic E-state index is 0.0136. The fraction of sp³-hybridized carbons (Fsp3) is 0.400. The van der Waals surface area contributed by atoms with E-state index in [1.807, 2.05) is 0 Å². The Labute approximate surface area is 66.2 Å². The van der Waals surface area contributed by atoms with Gasteiger partial charge in [-0.2, -0.15) is 5.10 Å². The molecule has 1 aromatic heterocycles. The monoisotopic (exact) mass is 206 g/mol. The van der Waals surface area contributed by atoms with Crippen molar-refractivity contribution in [3.8, 4) is 5.75 Å². The Kier molecular flexibility index (Phi) is 2.29. The summed E-state index contributed by atoms with van der Waals surface area (Å²) in [5, 5.41) is 21.2. The summed E-state index contributed by atoms with van der Waals surface area (Å²) in [6, 6.07) is 0. The number of hydrogen-bond acceptors (Lipinski definition) is 3. The van der Waals surface area contributed by atoms with Crippen LogP contribution in [0.5, 0.6) is 5.75 Å². The highest BCUT2D eigenvalue weighted by atomic mass is 79.9. The molecule has 0 bridgehead atoms. The van der Waals surface area contributed by atoms with Crippen LogP contribution in [0.2, 0.25) is 0 Å². The van der Waals surface area contributed by atoms with Gasteiger partial charge in [0, 0.05) is 0 Å². The van der Waals surface area contributed by atoms with E-state index in [0.29, 0.717) is 11.1 Å². The molecule has 1 rings (SSSR count). The molecule has 0 saturated carbocycles. The third-order valence-corrected chi connectivity index (χ3v) is 1.88. The van der Waals surface area contributed by atoms with Gasteiger partial charge >= 0.3 is 0 Å². The van der Waals surface area contributed by atoms with Crippen molar-refractivity contribution in [2.75, 3.05) is 6.61 Å². The standard InChI is InChI=1S/C5H7BrN2O2/c6-5-4(10)3-7-8(5)1-2-9/h3,9-10H,1-2H2. The number of aliphatic hydroxyl groups excluding tert-OH is 1. The number of nitrogens with zero attached hydrogens (tertiary/aromatic N) is 2. The lowest BCUT2D eigenvalue weighted by Crippen LogP contribution is -2.03. The summed E-state index contributed by atoms with van der Waals surface area (Å²) in [7, 11) is 0. The van der Waals surface area contributed by atoms with Gasteiger partial charge in [0.15, 0.2) is 5.75 Å². The average Bonchev–Trinajstić information content (AvgIpc) is 2.20. The Morgan fingerprint density at radius 1 is 1.70 bits per heavy atom. The predicted octanol–water partition coefficient (Wildman–Crippen LogP) is 0.343. The molecule has 5 heteroatoms. The lowest BCUT2D eigenvalue weighted by molar-refractivity contribution is 0.268. The third-order valence-electron chi connectivity index (χ3n) is 1.07. The van der Waals surface area contributed by atoms with Crippen LogP contribution < -0.4 is 0 Å². The summed E-state index contributed by atoms with van der Waals surface area (Å²) in [6.07, 6.45) is 1.32. The quantitative estimate of drug-likeness (QED) is 0.735. The molecule has 0 aromatic carbocycles. The molecule has 0 amide bonds. The maximum absolute atomic E-state index is 8.95. The average molecular weight is 207 g/mol. The van der Waals surface area contributed by atoms with Crippen LogP contribution in [0.3, 0.4) is 0 Å². The minimum absolute atomic E-state index is 0.0136. The lowest BCUT2D eigenvalue weighted by Gasteiger charge is -1.97. The Balaban J connectivity index is 2.83. The molecule has 56 valence electrons. The van der Waals surface area contributed by atoms with E-state index in [1.54, 1.807) is 0 Å². The van der Waals surface area contributed by atoms with E-state index < -0.39 is 0 Å². The Morgan fingerprint density at radius 3 is 2.80 bits per heavy atom. The molecule has 0 aliphatic carbocycles. The van der Waals surface area contributed by atoms with Crippen LogP contribution in [0, 0.1) is 0 Å². The molecule has 0 fully saturated rings. The molecular formula is C5H7BrN2O2. The van der Waals surface area contributed by atoms with Crippen LogP contribution in [-0.2, 0) is 6.54 Å². The fourth-order valence-electron chi connectivity index (χ4n) is 0.611. The van der Waals surface area contributed by atoms with Crippen LogP contribution in [0.25, 0.3) is 0 Å². The SMILES string of the molecule is OCCn1ncc(O)c1Br. The van der Waals surface area contributed by atoms with Gasteiger partial charge in [0.05, 0.1) is 19.3 Å². The minimum Gasteiger partial charge on any atom is -0.504 e. The summed E-state index contributed by atoms with van der Waals surface area (Å²) >= 11 is 3.09. The second-order valence-electron chi connectivity index (χ2n) is 1.77. The van der Waals surface area contributed by atoms with Crippen molar-refractivity contribution in [1.29, 1.82) is 0 Å². The molecule has 0 aliphatic heterocycles. The Bertz CT molecular complexity index is 223. The zero-order chi connectivity index (χ0) is 7.56.